The number of fused-ring (bicyclic) bond motifs is 1. The van der Waals surface area contributed by atoms with Gasteiger partial charge >= 0.3 is 0 Å². The number of hydrogen-bond donors (Lipinski definition) is 2. The first kappa shape index (κ1) is 20.9. The number of hydrogen-bond acceptors (Lipinski definition) is 6. The number of methoxy groups -OCH3 is 1. The second-order valence-electron chi connectivity index (χ2n) is 7.70. The first-order valence-corrected chi connectivity index (χ1v) is 10.3. The smallest absolute Gasteiger partial charge is 0.295 e. The number of aliphatic hydroxyl groups is 1. The van der Waals surface area contributed by atoms with Crippen LogP contribution in [0.3, 0.4) is 0 Å². The average molecular weight is 423 g/mol. The predicted octanol–water partition coefficient (Wildman–Crippen LogP) is 3.18. The molecule has 1 atom stereocenters. The van der Waals surface area contributed by atoms with Crippen molar-refractivity contribution in [1.29, 1.82) is 0 Å². The molecule has 0 aliphatic carbocycles. The van der Waals surface area contributed by atoms with Crippen molar-refractivity contribution in [3.05, 3.63) is 64.7 Å². The molecule has 2 aliphatic rings. The summed E-state index contributed by atoms with van der Waals surface area (Å²) in [5.41, 5.74) is 2.12. The highest BCUT2D eigenvalue weighted by molar-refractivity contribution is 6.46. The summed E-state index contributed by atoms with van der Waals surface area (Å²) in [5.74, 6) is -0.731. The molecule has 7 nitrogen and oxygen atoms in total. The zero-order valence-corrected chi connectivity index (χ0v) is 17.3. The van der Waals surface area contributed by atoms with E-state index in [9.17, 15) is 19.8 Å². The van der Waals surface area contributed by atoms with Gasteiger partial charge in [-0.15, -0.1) is 0 Å². The molecule has 1 fully saturated rings. The minimum absolute atomic E-state index is 0.0461. The summed E-state index contributed by atoms with van der Waals surface area (Å²) in [5, 5.41) is 20.8. The lowest BCUT2D eigenvalue weighted by molar-refractivity contribution is -0.140. The van der Waals surface area contributed by atoms with Gasteiger partial charge in [0.15, 0.2) is 0 Å². The van der Waals surface area contributed by atoms with Crippen molar-refractivity contribution in [3.8, 4) is 11.5 Å². The van der Waals surface area contributed by atoms with Crippen LogP contribution in [0.25, 0.3) is 5.76 Å². The molecule has 2 aromatic carbocycles. The van der Waals surface area contributed by atoms with E-state index in [1.807, 2.05) is 6.07 Å². The number of benzene rings is 2. The summed E-state index contributed by atoms with van der Waals surface area (Å²) < 4.78 is 10.7. The first-order chi connectivity index (χ1) is 15.0. The summed E-state index contributed by atoms with van der Waals surface area (Å²) in [6.07, 6.45) is 2.26. The molecule has 2 heterocycles. The van der Waals surface area contributed by atoms with Crippen LogP contribution >= 0.6 is 0 Å². The molecule has 1 unspecified atom stereocenters. The van der Waals surface area contributed by atoms with Crippen LogP contribution < -0.4 is 4.74 Å². The maximum atomic E-state index is 13.0. The molecule has 162 valence electrons. The second-order valence-corrected chi connectivity index (χ2v) is 7.70. The van der Waals surface area contributed by atoms with Gasteiger partial charge in [0.25, 0.3) is 11.7 Å². The highest BCUT2D eigenvalue weighted by atomic mass is 16.5. The molecule has 2 N–H and O–H groups in total. The van der Waals surface area contributed by atoms with Gasteiger partial charge in [-0.3, -0.25) is 9.59 Å². The van der Waals surface area contributed by atoms with E-state index < -0.39 is 17.7 Å². The standard InChI is InChI=1S/C24H25NO6/c1-30-12-3-11-25-21(15-5-8-18(26)9-6-15)20(23(28)24(25)29)22(27)17-7-10-19-16(14-17)4-2-13-31-19/h5-10,14,21,26-27H,2-4,11-13H2,1H3/b22-20-. The number of likely N-dealkylation sites (tertiary alicyclic amines) is 1. The quantitative estimate of drug-likeness (QED) is 0.321. The summed E-state index contributed by atoms with van der Waals surface area (Å²) in [6.45, 7) is 1.40. The molecular formula is C24H25NO6. The normalized spacial score (nSPS) is 19.9. The van der Waals surface area contributed by atoms with Gasteiger partial charge in [-0.05, 0) is 60.7 Å². The number of ketones is 1. The minimum Gasteiger partial charge on any atom is -0.508 e. The average Bonchev–Trinajstić information content (AvgIpc) is 3.04. The van der Waals surface area contributed by atoms with Crippen LogP contribution in [0.15, 0.2) is 48.0 Å². The molecule has 4 rings (SSSR count). The molecule has 0 saturated carbocycles. The van der Waals surface area contributed by atoms with Gasteiger partial charge in [0.05, 0.1) is 18.2 Å². The summed E-state index contributed by atoms with van der Waals surface area (Å²) in [4.78, 5) is 27.3. The Balaban J connectivity index is 1.79. The van der Waals surface area contributed by atoms with Crippen LogP contribution in [0.2, 0.25) is 0 Å². The number of carbonyl (C=O) groups is 2. The van der Waals surface area contributed by atoms with Crippen molar-refractivity contribution in [2.24, 2.45) is 0 Å². The molecule has 31 heavy (non-hydrogen) atoms. The highest BCUT2D eigenvalue weighted by Gasteiger charge is 2.45. The van der Waals surface area contributed by atoms with Gasteiger partial charge in [-0.2, -0.15) is 0 Å². The molecule has 1 saturated heterocycles. The monoisotopic (exact) mass is 423 g/mol. The Hall–Kier alpha value is -3.32. The Labute approximate surface area is 180 Å². The van der Waals surface area contributed by atoms with E-state index in [1.165, 1.54) is 17.0 Å². The van der Waals surface area contributed by atoms with Crippen LogP contribution in [-0.2, 0) is 20.7 Å². The number of phenols is 1. The van der Waals surface area contributed by atoms with Gasteiger partial charge in [-0.25, -0.2) is 0 Å². The van der Waals surface area contributed by atoms with Crippen molar-refractivity contribution >= 4 is 17.4 Å². The molecule has 2 aliphatic heterocycles. The number of phenolic OH excluding ortho intramolecular Hbond substituents is 1. The number of amides is 1. The number of carbonyl (C=O) groups excluding carboxylic acids is 2. The largest absolute Gasteiger partial charge is 0.508 e. The molecule has 0 radical (unpaired) electrons. The second kappa shape index (κ2) is 8.81. The van der Waals surface area contributed by atoms with Crippen molar-refractivity contribution in [1.82, 2.24) is 4.90 Å². The summed E-state index contributed by atoms with van der Waals surface area (Å²) in [6, 6.07) is 10.9. The molecular weight excluding hydrogens is 398 g/mol. The zero-order chi connectivity index (χ0) is 22.0. The van der Waals surface area contributed by atoms with Crippen LogP contribution in [0.4, 0.5) is 0 Å². The Morgan fingerprint density at radius 1 is 1.19 bits per heavy atom. The summed E-state index contributed by atoms with van der Waals surface area (Å²) in [7, 11) is 1.57. The number of nitrogens with zero attached hydrogens (tertiary/aromatic N) is 1. The maximum Gasteiger partial charge on any atom is 0.295 e. The van der Waals surface area contributed by atoms with Gasteiger partial charge in [0.2, 0.25) is 0 Å². The van der Waals surface area contributed by atoms with Crippen LogP contribution in [0.5, 0.6) is 11.5 Å². The summed E-state index contributed by atoms with van der Waals surface area (Å²) >= 11 is 0. The fourth-order valence-electron chi connectivity index (χ4n) is 4.16. The topological polar surface area (TPSA) is 96.3 Å². The van der Waals surface area contributed by atoms with Crippen LogP contribution in [0.1, 0.15) is 35.6 Å². The minimum atomic E-state index is -0.746. The Morgan fingerprint density at radius 3 is 2.71 bits per heavy atom. The van der Waals surface area contributed by atoms with Gasteiger partial charge < -0.3 is 24.6 Å². The fourth-order valence-corrected chi connectivity index (χ4v) is 4.16. The maximum absolute atomic E-state index is 13.0. The van der Waals surface area contributed by atoms with Crippen molar-refractivity contribution < 1.29 is 29.3 Å². The van der Waals surface area contributed by atoms with Crippen molar-refractivity contribution in [2.45, 2.75) is 25.3 Å². The van der Waals surface area contributed by atoms with Gasteiger partial charge in [-0.1, -0.05) is 12.1 Å². The zero-order valence-electron chi connectivity index (χ0n) is 17.3. The van der Waals surface area contributed by atoms with Gasteiger partial charge in [0.1, 0.15) is 17.3 Å². The lowest BCUT2D eigenvalue weighted by atomic mass is 9.94. The number of aliphatic hydroxyl groups excluding tert-OH is 1. The Bertz CT molecular complexity index is 1030. The van der Waals surface area contributed by atoms with E-state index in [0.29, 0.717) is 37.3 Å². The molecule has 2 aromatic rings. The number of rotatable bonds is 6. The van der Waals surface area contributed by atoms with Crippen molar-refractivity contribution in [3.63, 3.8) is 0 Å². The fraction of sp³-hybridized carbons (Fsp3) is 0.333. The Kier molecular flexibility index (Phi) is 5.95. The first-order valence-electron chi connectivity index (χ1n) is 10.3. The van der Waals surface area contributed by atoms with E-state index in [4.69, 9.17) is 9.47 Å². The molecule has 1 amide bonds. The number of aromatic hydroxyl groups is 1. The number of ether oxygens (including phenoxy) is 2. The lowest BCUT2D eigenvalue weighted by Crippen LogP contribution is -2.31. The van der Waals surface area contributed by atoms with E-state index in [0.717, 1.165) is 24.2 Å². The van der Waals surface area contributed by atoms with E-state index in [2.05, 4.69) is 0 Å². The van der Waals surface area contributed by atoms with Gasteiger partial charge in [0, 0.05) is 25.8 Å². The Morgan fingerprint density at radius 2 is 1.97 bits per heavy atom. The number of aryl methyl sites for hydroxylation is 1. The highest BCUT2D eigenvalue weighted by Crippen LogP contribution is 2.40. The van der Waals surface area contributed by atoms with Crippen LogP contribution in [-0.4, -0.2) is 53.7 Å². The number of Topliss-reactive ketones (excluding diaryl/α,β-unsaturated/α-hetero) is 1. The molecule has 0 aromatic heterocycles. The molecule has 7 heteroatoms. The molecule has 0 bridgehead atoms. The van der Waals surface area contributed by atoms with E-state index in [-0.39, 0.29) is 17.1 Å². The molecule has 0 spiro atoms. The third-order valence-corrected chi connectivity index (χ3v) is 5.68. The predicted molar refractivity (Wildman–Crippen MR) is 114 cm³/mol. The van der Waals surface area contributed by atoms with Crippen LogP contribution in [0, 0.1) is 0 Å². The SMILES string of the molecule is COCCCN1C(=O)C(=O)/C(=C(\O)c2ccc3c(c2)CCCO3)C1c1ccc(O)cc1. The third-order valence-electron chi connectivity index (χ3n) is 5.68. The lowest BCUT2D eigenvalue weighted by Gasteiger charge is -2.25. The van der Waals surface area contributed by atoms with E-state index >= 15 is 0 Å². The third kappa shape index (κ3) is 4.01. The van der Waals surface area contributed by atoms with Crippen molar-refractivity contribution in [2.75, 3.05) is 26.9 Å². The van der Waals surface area contributed by atoms with E-state index in [1.54, 1.807) is 31.4 Å².